The monoisotopic (exact) mass is 1160 g/mol. The second-order valence-corrected chi connectivity index (χ2v) is 20.9. The second kappa shape index (κ2) is 30.9. The highest BCUT2D eigenvalue weighted by atomic mass is 15.2. The van der Waals surface area contributed by atoms with E-state index in [1.807, 2.05) is 133 Å². The van der Waals surface area contributed by atoms with Gasteiger partial charge in [0.25, 0.3) is 0 Å². The number of hydrogen-bond donors (Lipinski definition) is 8. The van der Waals surface area contributed by atoms with Crippen molar-refractivity contribution in [1.82, 2.24) is 39.9 Å². The molecule has 8 N–H and O–H groups in total. The zero-order chi connectivity index (χ0) is 61.5. The van der Waals surface area contributed by atoms with Crippen molar-refractivity contribution in [2.75, 3.05) is 42.5 Å². The number of nitrogens with one attached hydrogen (secondary N) is 8. The third kappa shape index (κ3) is 19.8. The summed E-state index contributed by atoms with van der Waals surface area (Å²) in [6.45, 7) is 16.5. The molecule has 0 fully saturated rings. The molecule has 0 bridgehead atoms. The number of aromatic nitrogens is 8. The SMILES string of the molecule is Cc1ccc(Nc2ccnc(Nc3cccc(C)c3)n2)cc1.Cc1ccc(Nc2ccnc(Nc3cccc(C)c3)n2)cc1.Cc1ccc(Nc2ccnc(Nc3ccccc3C)n2)cc1.Cc1ccc(Nc2ccnc(Nc3ccccc3C)n2)cc1. The van der Waals surface area contributed by atoms with Crippen molar-refractivity contribution >= 4 is 92.6 Å². The van der Waals surface area contributed by atoms with Crippen LogP contribution in [0.5, 0.6) is 0 Å². The molecule has 8 aromatic carbocycles. The number of rotatable bonds is 16. The van der Waals surface area contributed by atoms with Crippen LogP contribution in [0.4, 0.5) is 92.6 Å². The van der Waals surface area contributed by atoms with Crippen LogP contribution in [0, 0.1) is 55.4 Å². The van der Waals surface area contributed by atoms with Gasteiger partial charge in [0, 0.05) is 70.3 Å². The van der Waals surface area contributed by atoms with Gasteiger partial charge in [-0.2, -0.15) is 19.9 Å². The Labute approximate surface area is 515 Å². The smallest absolute Gasteiger partial charge is 0.229 e. The Morgan fingerprint density at radius 2 is 0.489 bits per heavy atom. The van der Waals surface area contributed by atoms with E-state index in [4.69, 9.17) is 0 Å². The first-order valence-electron chi connectivity index (χ1n) is 28.8. The number of aryl methyl sites for hydroxylation is 8. The van der Waals surface area contributed by atoms with Crippen LogP contribution in [0.1, 0.15) is 44.5 Å². The van der Waals surface area contributed by atoms with Crippen molar-refractivity contribution in [2.24, 2.45) is 0 Å². The summed E-state index contributed by atoms with van der Waals surface area (Å²) in [7, 11) is 0. The van der Waals surface area contributed by atoms with Gasteiger partial charge in [0.2, 0.25) is 23.8 Å². The number of hydrogen-bond acceptors (Lipinski definition) is 16. The normalized spacial score (nSPS) is 10.3. The van der Waals surface area contributed by atoms with Crippen molar-refractivity contribution < 1.29 is 0 Å². The third-order valence-electron chi connectivity index (χ3n) is 13.2. The maximum Gasteiger partial charge on any atom is 0.229 e. The quantitative estimate of drug-likeness (QED) is 0.0454. The van der Waals surface area contributed by atoms with E-state index in [0.29, 0.717) is 23.8 Å². The number of anilines is 16. The summed E-state index contributed by atoms with van der Waals surface area (Å²) in [6, 6.07) is 72.6. The van der Waals surface area contributed by atoms with E-state index in [1.165, 1.54) is 33.4 Å². The van der Waals surface area contributed by atoms with Crippen LogP contribution in [0.25, 0.3) is 0 Å². The van der Waals surface area contributed by atoms with Crippen LogP contribution >= 0.6 is 0 Å². The fourth-order valence-electron chi connectivity index (χ4n) is 8.46. The van der Waals surface area contributed by atoms with E-state index in [0.717, 1.165) is 79.9 Å². The van der Waals surface area contributed by atoms with Gasteiger partial charge in [0.05, 0.1) is 0 Å². The highest BCUT2D eigenvalue weighted by Crippen LogP contribution is 2.25. The van der Waals surface area contributed by atoms with Gasteiger partial charge in [0.1, 0.15) is 23.3 Å². The molecular weight excluding hydrogens is 1090 g/mol. The molecular formula is C72H72N16. The summed E-state index contributed by atoms with van der Waals surface area (Å²) in [4.78, 5) is 35.0. The van der Waals surface area contributed by atoms with Crippen molar-refractivity contribution in [3.05, 3.63) is 288 Å². The van der Waals surface area contributed by atoms with Crippen molar-refractivity contribution in [3.63, 3.8) is 0 Å². The molecule has 16 nitrogen and oxygen atoms in total. The lowest BCUT2D eigenvalue weighted by Crippen LogP contribution is -2.01. The van der Waals surface area contributed by atoms with E-state index >= 15 is 0 Å². The van der Waals surface area contributed by atoms with Crippen LogP contribution in [-0.4, -0.2) is 39.9 Å². The lowest BCUT2D eigenvalue weighted by atomic mass is 10.2. The van der Waals surface area contributed by atoms with Crippen LogP contribution < -0.4 is 42.5 Å². The summed E-state index contributed by atoms with van der Waals surface area (Å²) < 4.78 is 0. The molecule has 0 spiro atoms. The maximum absolute atomic E-state index is 4.49. The minimum Gasteiger partial charge on any atom is -0.340 e. The number of nitrogens with zero attached hydrogens (tertiary/aromatic N) is 8. The number of benzene rings is 8. The van der Waals surface area contributed by atoms with E-state index < -0.39 is 0 Å². The van der Waals surface area contributed by atoms with Gasteiger partial charge in [-0.05, 0) is 187 Å². The molecule has 0 aliphatic heterocycles. The molecule has 0 aliphatic carbocycles. The maximum atomic E-state index is 4.49. The topological polar surface area (TPSA) is 199 Å². The molecule has 0 atom stereocenters. The van der Waals surface area contributed by atoms with Crippen LogP contribution in [-0.2, 0) is 0 Å². The molecule has 12 aromatic rings. The molecule has 0 unspecified atom stereocenters. The highest BCUT2D eigenvalue weighted by Gasteiger charge is 2.07. The summed E-state index contributed by atoms with van der Waals surface area (Å²) in [6.07, 6.45) is 6.96. The molecule has 12 rings (SSSR count). The summed E-state index contributed by atoms with van der Waals surface area (Å²) in [5.74, 6) is 5.33. The Balaban J connectivity index is 0.000000140. The molecule has 16 heteroatoms. The molecule has 0 saturated heterocycles. The first-order valence-corrected chi connectivity index (χ1v) is 28.8. The second-order valence-electron chi connectivity index (χ2n) is 20.9. The zero-order valence-corrected chi connectivity index (χ0v) is 50.7. The lowest BCUT2D eigenvalue weighted by molar-refractivity contribution is 1.16. The molecule has 0 saturated carbocycles. The molecule has 440 valence electrons. The molecule has 88 heavy (non-hydrogen) atoms. The first kappa shape index (κ1) is 61.1. The van der Waals surface area contributed by atoms with Gasteiger partial charge in [0.15, 0.2) is 0 Å². The van der Waals surface area contributed by atoms with E-state index in [2.05, 4.69) is 223 Å². The standard InChI is InChI=1S/4C18H18N4/c2*1-13-6-8-15(9-7-13)20-17-10-11-19-18(22-17)21-16-5-3-4-14(2)12-16;2*1-13-7-9-15(10-8-13)20-17-11-12-19-18(22-17)21-16-6-4-3-5-14(16)2/h4*3-12H,1-2H3,(H2,19,20,21,22). The van der Waals surface area contributed by atoms with E-state index in [-0.39, 0.29) is 0 Å². The first-order chi connectivity index (χ1) is 42.8. The Morgan fingerprint density at radius 3 is 0.761 bits per heavy atom. The van der Waals surface area contributed by atoms with Crippen molar-refractivity contribution in [3.8, 4) is 0 Å². The minimum atomic E-state index is 0.572. The van der Waals surface area contributed by atoms with Crippen molar-refractivity contribution in [1.29, 1.82) is 0 Å². The van der Waals surface area contributed by atoms with Gasteiger partial charge in [-0.25, -0.2) is 19.9 Å². The van der Waals surface area contributed by atoms with Gasteiger partial charge in [-0.15, -0.1) is 0 Å². The highest BCUT2D eigenvalue weighted by molar-refractivity contribution is 5.65. The van der Waals surface area contributed by atoms with Gasteiger partial charge < -0.3 is 42.5 Å². The Morgan fingerprint density at radius 1 is 0.216 bits per heavy atom. The van der Waals surface area contributed by atoms with Crippen LogP contribution in [0.3, 0.4) is 0 Å². The third-order valence-corrected chi connectivity index (χ3v) is 13.2. The summed E-state index contributed by atoms with van der Waals surface area (Å²) >= 11 is 0. The van der Waals surface area contributed by atoms with Crippen LogP contribution in [0.2, 0.25) is 0 Å². The van der Waals surface area contributed by atoms with Gasteiger partial charge in [-0.3, -0.25) is 0 Å². The van der Waals surface area contributed by atoms with Crippen molar-refractivity contribution in [2.45, 2.75) is 55.4 Å². The van der Waals surface area contributed by atoms with Crippen LogP contribution in [0.15, 0.2) is 243 Å². The van der Waals surface area contributed by atoms with Gasteiger partial charge in [-0.1, -0.05) is 131 Å². The fourth-order valence-corrected chi connectivity index (χ4v) is 8.46. The molecule has 0 aliphatic rings. The lowest BCUT2D eigenvalue weighted by Gasteiger charge is -2.10. The summed E-state index contributed by atoms with van der Waals surface area (Å²) in [5.41, 5.74) is 17.6. The largest absolute Gasteiger partial charge is 0.340 e. The molecule has 4 aromatic heterocycles. The predicted molar refractivity (Wildman–Crippen MR) is 364 cm³/mol. The van der Waals surface area contributed by atoms with E-state index in [1.54, 1.807) is 24.8 Å². The predicted octanol–water partition coefficient (Wildman–Crippen LogP) is 18.3. The molecule has 0 radical (unpaired) electrons. The number of para-hydroxylation sites is 2. The van der Waals surface area contributed by atoms with Gasteiger partial charge >= 0.3 is 0 Å². The molecule has 4 heterocycles. The Bertz CT molecular complexity index is 3870. The fraction of sp³-hybridized carbons (Fsp3) is 0.111. The Kier molecular flexibility index (Phi) is 21.4. The summed E-state index contributed by atoms with van der Waals surface area (Å²) in [5, 5.41) is 26.0. The minimum absolute atomic E-state index is 0.572. The zero-order valence-electron chi connectivity index (χ0n) is 50.7. The Hall–Kier alpha value is -11.5. The molecule has 0 amide bonds. The average molecular weight is 1160 g/mol. The van der Waals surface area contributed by atoms with E-state index in [9.17, 15) is 0 Å². The average Bonchev–Trinajstić information content (AvgIpc) is 3.71.